The van der Waals surface area contributed by atoms with Crippen LogP contribution in [0.3, 0.4) is 0 Å². The van der Waals surface area contributed by atoms with E-state index in [4.69, 9.17) is 21.4 Å². The molecule has 112 valence electrons. The lowest BCUT2D eigenvalue weighted by molar-refractivity contribution is 0.0688. The fourth-order valence-corrected chi connectivity index (χ4v) is 2.11. The zero-order chi connectivity index (χ0) is 15.4. The number of nitrogens with zero attached hydrogens (tertiary/aromatic N) is 3. The third kappa shape index (κ3) is 3.56. The van der Waals surface area contributed by atoms with Crippen LogP contribution in [-0.2, 0) is 17.7 Å². The van der Waals surface area contributed by atoms with E-state index in [1.165, 1.54) is 30.0 Å². The molecule has 1 aromatic heterocycles. The lowest BCUT2D eigenvalue weighted by atomic mass is 10.2. The molecule has 2 rings (SSSR count). The normalized spacial score (nSPS) is 10.8. The molecule has 0 aliphatic heterocycles. The lowest BCUT2D eigenvalue weighted by Crippen LogP contribution is -2.12. The fourth-order valence-electron chi connectivity index (χ4n) is 1.88. The zero-order valence-electron chi connectivity index (χ0n) is 11.2. The molecule has 0 amide bonds. The number of halogens is 2. The molecule has 6 nitrogen and oxygen atoms in total. The highest BCUT2D eigenvalue weighted by Gasteiger charge is 2.19. The Balaban J connectivity index is 2.32. The Labute approximate surface area is 125 Å². The molecule has 0 saturated carbocycles. The Hall–Kier alpha value is -1.99. The standard InChI is InChI=1S/C13H13ClFN3O3/c1-21-5-4-11-12(13(19)20)16-17-18(11)7-8-2-3-9(15)6-10(8)14/h2-3,6H,4-5,7H2,1H3,(H,19,20). The Morgan fingerprint density at radius 3 is 2.90 bits per heavy atom. The average molecular weight is 314 g/mol. The smallest absolute Gasteiger partial charge is 0.358 e. The van der Waals surface area contributed by atoms with Crippen molar-refractivity contribution in [3.63, 3.8) is 0 Å². The van der Waals surface area contributed by atoms with Gasteiger partial charge in [0.1, 0.15) is 5.82 Å². The van der Waals surface area contributed by atoms with Gasteiger partial charge in [-0.2, -0.15) is 0 Å². The van der Waals surface area contributed by atoms with Gasteiger partial charge < -0.3 is 9.84 Å². The van der Waals surface area contributed by atoms with Gasteiger partial charge in [0.25, 0.3) is 0 Å². The van der Waals surface area contributed by atoms with Gasteiger partial charge in [0, 0.05) is 18.6 Å². The quantitative estimate of drug-likeness (QED) is 0.882. The predicted octanol–water partition coefficient (Wildman–Crippen LogP) is 2.01. The van der Waals surface area contributed by atoms with E-state index in [2.05, 4.69) is 10.3 Å². The van der Waals surface area contributed by atoms with Crippen molar-refractivity contribution in [2.45, 2.75) is 13.0 Å². The zero-order valence-corrected chi connectivity index (χ0v) is 12.0. The Morgan fingerprint density at radius 1 is 1.52 bits per heavy atom. The number of carboxylic acid groups (broad SMARTS) is 1. The molecule has 1 heterocycles. The van der Waals surface area contributed by atoms with Crippen molar-refractivity contribution >= 4 is 17.6 Å². The predicted molar refractivity (Wildman–Crippen MR) is 73.1 cm³/mol. The second-order valence-electron chi connectivity index (χ2n) is 4.33. The van der Waals surface area contributed by atoms with Crippen molar-refractivity contribution in [2.24, 2.45) is 0 Å². The summed E-state index contributed by atoms with van der Waals surface area (Å²) in [6.07, 6.45) is 0.351. The largest absolute Gasteiger partial charge is 0.476 e. The number of ether oxygens (including phenoxy) is 1. The van der Waals surface area contributed by atoms with Gasteiger partial charge in [-0.1, -0.05) is 22.9 Å². The van der Waals surface area contributed by atoms with E-state index < -0.39 is 11.8 Å². The number of carboxylic acids is 1. The first-order valence-electron chi connectivity index (χ1n) is 6.11. The van der Waals surface area contributed by atoms with E-state index >= 15 is 0 Å². The Bertz CT molecular complexity index is 660. The number of aromatic nitrogens is 3. The minimum atomic E-state index is -1.16. The molecule has 0 saturated heterocycles. The summed E-state index contributed by atoms with van der Waals surface area (Å²) in [6, 6.07) is 4.01. The summed E-state index contributed by atoms with van der Waals surface area (Å²) in [5.74, 6) is -1.59. The molecule has 0 bridgehead atoms. The monoisotopic (exact) mass is 313 g/mol. The molecule has 8 heteroatoms. The van der Waals surface area contributed by atoms with Gasteiger partial charge in [0.15, 0.2) is 5.69 Å². The number of rotatable bonds is 6. The number of methoxy groups -OCH3 is 1. The number of carbonyl (C=O) groups is 1. The molecule has 2 aromatic rings. The SMILES string of the molecule is COCCc1c(C(=O)O)nnn1Cc1ccc(F)cc1Cl. The van der Waals surface area contributed by atoms with Crippen molar-refractivity contribution in [3.05, 3.63) is 46.0 Å². The molecule has 0 aliphatic carbocycles. The second kappa shape index (κ2) is 6.64. The molecule has 0 atom stereocenters. The summed E-state index contributed by atoms with van der Waals surface area (Å²) in [6.45, 7) is 0.545. The van der Waals surface area contributed by atoms with Gasteiger partial charge in [0.2, 0.25) is 0 Å². The minimum Gasteiger partial charge on any atom is -0.476 e. The molecular weight excluding hydrogens is 301 g/mol. The van der Waals surface area contributed by atoms with Crippen LogP contribution in [0.2, 0.25) is 5.02 Å². The first-order chi connectivity index (χ1) is 10.0. The van der Waals surface area contributed by atoms with Gasteiger partial charge in [-0.3, -0.25) is 0 Å². The van der Waals surface area contributed by atoms with Crippen LogP contribution >= 0.6 is 11.6 Å². The molecule has 1 N–H and O–H groups in total. The fraction of sp³-hybridized carbons (Fsp3) is 0.308. The Kier molecular flexibility index (Phi) is 4.87. The van der Waals surface area contributed by atoms with Crippen LogP contribution in [0.25, 0.3) is 0 Å². The summed E-state index contributed by atoms with van der Waals surface area (Å²) in [4.78, 5) is 11.1. The molecular formula is C13H13ClFN3O3. The van der Waals surface area contributed by atoms with Crippen LogP contribution in [0.15, 0.2) is 18.2 Å². The second-order valence-corrected chi connectivity index (χ2v) is 4.73. The summed E-state index contributed by atoms with van der Waals surface area (Å²) in [5.41, 5.74) is 0.939. The van der Waals surface area contributed by atoms with Gasteiger partial charge in [0.05, 0.1) is 18.8 Å². The van der Waals surface area contributed by atoms with Crippen molar-refractivity contribution < 1.29 is 19.0 Å². The van der Waals surface area contributed by atoms with Crippen LogP contribution in [0.5, 0.6) is 0 Å². The summed E-state index contributed by atoms with van der Waals surface area (Å²) in [7, 11) is 1.52. The number of benzene rings is 1. The van der Waals surface area contributed by atoms with E-state index in [9.17, 15) is 9.18 Å². The topological polar surface area (TPSA) is 77.2 Å². The van der Waals surface area contributed by atoms with Crippen LogP contribution in [0, 0.1) is 5.82 Å². The van der Waals surface area contributed by atoms with Crippen LogP contribution in [0.1, 0.15) is 21.7 Å². The molecule has 0 radical (unpaired) electrons. The van der Waals surface area contributed by atoms with Crippen LogP contribution in [0.4, 0.5) is 4.39 Å². The van der Waals surface area contributed by atoms with E-state index in [1.807, 2.05) is 0 Å². The maximum atomic E-state index is 13.0. The summed E-state index contributed by atoms with van der Waals surface area (Å²) >= 11 is 5.96. The molecule has 0 spiro atoms. The van der Waals surface area contributed by atoms with E-state index in [0.717, 1.165) is 0 Å². The highest BCUT2D eigenvalue weighted by molar-refractivity contribution is 6.31. The van der Waals surface area contributed by atoms with Crippen LogP contribution < -0.4 is 0 Å². The van der Waals surface area contributed by atoms with Crippen molar-refractivity contribution in [1.29, 1.82) is 0 Å². The van der Waals surface area contributed by atoms with Gasteiger partial charge in [-0.25, -0.2) is 13.9 Å². The van der Waals surface area contributed by atoms with Gasteiger partial charge in [-0.15, -0.1) is 5.10 Å². The number of aromatic carboxylic acids is 1. The summed E-state index contributed by atoms with van der Waals surface area (Å²) in [5, 5.41) is 16.8. The molecule has 1 aromatic carbocycles. The van der Waals surface area contributed by atoms with Gasteiger partial charge in [-0.05, 0) is 17.7 Å². The van der Waals surface area contributed by atoms with E-state index in [0.29, 0.717) is 24.3 Å². The van der Waals surface area contributed by atoms with Crippen LogP contribution in [-0.4, -0.2) is 39.8 Å². The highest BCUT2D eigenvalue weighted by Crippen LogP contribution is 2.19. The van der Waals surface area contributed by atoms with Gasteiger partial charge >= 0.3 is 5.97 Å². The molecule has 0 unspecified atom stereocenters. The molecule has 21 heavy (non-hydrogen) atoms. The minimum absolute atomic E-state index is 0.120. The number of hydrogen-bond donors (Lipinski definition) is 1. The van der Waals surface area contributed by atoms with Crippen molar-refractivity contribution in [1.82, 2.24) is 15.0 Å². The first kappa shape index (κ1) is 15.4. The third-order valence-corrected chi connectivity index (χ3v) is 3.27. The maximum absolute atomic E-state index is 13.0. The highest BCUT2D eigenvalue weighted by atomic mass is 35.5. The molecule has 0 aliphatic rings. The summed E-state index contributed by atoms with van der Waals surface area (Å²) < 4.78 is 19.4. The maximum Gasteiger partial charge on any atom is 0.358 e. The average Bonchev–Trinajstić information content (AvgIpc) is 2.82. The molecule has 0 fully saturated rings. The van der Waals surface area contributed by atoms with E-state index in [-0.39, 0.29) is 17.3 Å². The van der Waals surface area contributed by atoms with E-state index in [1.54, 1.807) is 0 Å². The third-order valence-electron chi connectivity index (χ3n) is 2.92. The first-order valence-corrected chi connectivity index (χ1v) is 6.49. The lowest BCUT2D eigenvalue weighted by Gasteiger charge is -2.08. The van der Waals surface area contributed by atoms with Crippen molar-refractivity contribution in [3.8, 4) is 0 Å². The Morgan fingerprint density at radius 2 is 2.29 bits per heavy atom. The van der Waals surface area contributed by atoms with Crippen molar-refractivity contribution in [2.75, 3.05) is 13.7 Å². The number of hydrogen-bond acceptors (Lipinski definition) is 4.